The molecule has 4 N–H and O–H groups in total. The summed E-state index contributed by atoms with van der Waals surface area (Å²) in [5.74, 6) is -0.126. The summed E-state index contributed by atoms with van der Waals surface area (Å²) in [6, 6.07) is 0. The highest BCUT2D eigenvalue weighted by atomic mass is 16.3. The van der Waals surface area contributed by atoms with Crippen molar-refractivity contribution in [2.75, 3.05) is 5.32 Å². The second kappa shape index (κ2) is 8.74. The molecule has 0 aliphatic rings. The zero-order chi connectivity index (χ0) is 25.1. The third-order valence-corrected chi connectivity index (χ3v) is 8.16. The first kappa shape index (κ1) is 25.2. The van der Waals surface area contributed by atoms with E-state index in [1.165, 1.54) is 16.4 Å². The molecule has 0 saturated carbocycles. The van der Waals surface area contributed by atoms with Gasteiger partial charge in [0.15, 0.2) is 11.5 Å². The van der Waals surface area contributed by atoms with Crippen molar-refractivity contribution in [3.63, 3.8) is 0 Å². The fourth-order valence-corrected chi connectivity index (χ4v) is 4.81. The predicted octanol–water partition coefficient (Wildman–Crippen LogP) is -14.9. The van der Waals surface area contributed by atoms with Crippen LogP contribution in [0.4, 0.5) is 11.4 Å². The second-order valence-corrected chi connectivity index (χ2v) is 9.55. The number of hydrogen-bond acceptors (Lipinski definition) is 4. The topological polar surface area (TPSA) is 72.7 Å². The van der Waals surface area contributed by atoms with E-state index < -0.39 is 0 Å². The smallest absolute Gasteiger partial charge is 0.164 e. The standard InChI is InChI=1S/C18H26B11NO3/c19-3-1(2-4(20)6(22)13(29)18(33)16(2)31)14(17(32)12(28)5(3)21)30-15-10(26)8(24)7(23)9(25)11(15)27/h30-33H,19-29H2. The van der Waals surface area contributed by atoms with E-state index in [0.29, 0.717) is 22.3 Å². The Bertz CT molecular complexity index is 1290. The van der Waals surface area contributed by atoms with Crippen LogP contribution in [0.3, 0.4) is 0 Å². The third kappa shape index (κ3) is 3.74. The van der Waals surface area contributed by atoms with Gasteiger partial charge >= 0.3 is 0 Å². The largest absolute Gasteiger partial charge is 0.506 e. The van der Waals surface area contributed by atoms with Crippen molar-refractivity contribution in [2.45, 2.75) is 0 Å². The van der Waals surface area contributed by atoms with Gasteiger partial charge in [0.2, 0.25) is 0 Å². The normalized spacial score (nSPS) is 10.9. The van der Waals surface area contributed by atoms with E-state index in [0.717, 1.165) is 43.9 Å². The first-order valence-electron chi connectivity index (χ1n) is 11.4. The molecule has 3 rings (SSSR count). The molecule has 0 heterocycles. The van der Waals surface area contributed by atoms with Crippen LogP contribution in [0.5, 0.6) is 17.2 Å². The van der Waals surface area contributed by atoms with Gasteiger partial charge in [-0.05, 0) is 0 Å². The first-order valence-corrected chi connectivity index (χ1v) is 11.4. The molecule has 0 aromatic heterocycles. The molecule has 0 atom stereocenters. The number of anilines is 2. The molecule has 15 heteroatoms. The van der Waals surface area contributed by atoms with Gasteiger partial charge in [-0.1, -0.05) is 54.6 Å². The summed E-state index contributed by atoms with van der Waals surface area (Å²) in [6.45, 7) is 0. The first-order chi connectivity index (χ1) is 15.2. The van der Waals surface area contributed by atoms with Gasteiger partial charge in [-0.2, -0.15) is 0 Å². The molecule has 0 bridgehead atoms. The van der Waals surface area contributed by atoms with Crippen LogP contribution in [0, 0.1) is 0 Å². The molecule has 0 unspecified atom stereocenters. The molecule has 0 amide bonds. The Morgan fingerprint density at radius 2 is 0.697 bits per heavy atom. The maximum Gasteiger partial charge on any atom is 0.164 e. The van der Waals surface area contributed by atoms with E-state index in [1.54, 1.807) is 7.85 Å². The van der Waals surface area contributed by atoms with Crippen LogP contribution in [0.15, 0.2) is 0 Å². The van der Waals surface area contributed by atoms with E-state index in [2.05, 4.69) is 44.5 Å². The summed E-state index contributed by atoms with van der Waals surface area (Å²) in [6.07, 6.45) is 0. The van der Waals surface area contributed by atoms with Gasteiger partial charge in [0, 0.05) is 16.8 Å². The molecule has 0 fully saturated rings. The molecule has 154 valence electrons. The fourth-order valence-electron chi connectivity index (χ4n) is 4.81. The van der Waals surface area contributed by atoms with Crippen LogP contribution in [-0.4, -0.2) is 102 Å². The van der Waals surface area contributed by atoms with Gasteiger partial charge in [-0.3, -0.25) is 0 Å². The Morgan fingerprint density at radius 1 is 0.333 bits per heavy atom. The zero-order valence-corrected chi connectivity index (χ0v) is 21.8. The lowest BCUT2D eigenvalue weighted by Crippen LogP contribution is -2.55. The van der Waals surface area contributed by atoms with Crippen LogP contribution in [0.2, 0.25) is 0 Å². The number of phenolic OH excluding ortho intramolecular Hbond substituents is 3. The molecule has 33 heavy (non-hydrogen) atoms. The minimum Gasteiger partial charge on any atom is -0.506 e. The van der Waals surface area contributed by atoms with Gasteiger partial charge in [0.05, 0.1) is 5.69 Å². The van der Waals surface area contributed by atoms with E-state index >= 15 is 0 Å². The van der Waals surface area contributed by atoms with Gasteiger partial charge in [0.1, 0.15) is 92.1 Å². The maximum atomic E-state index is 11.3. The zero-order valence-electron chi connectivity index (χ0n) is 21.8. The van der Waals surface area contributed by atoms with Crippen LogP contribution < -0.4 is 65.4 Å². The van der Waals surface area contributed by atoms with E-state index in [4.69, 9.17) is 0 Å². The number of benzene rings is 3. The average molecular weight is 423 g/mol. The summed E-state index contributed by atoms with van der Waals surface area (Å²) >= 11 is 0. The minimum absolute atomic E-state index is 0.120. The molecule has 0 aliphatic heterocycles. The molecular weight excluding hydrogens is 397 g/mol. The lowest BCUT2D eigenvalue weighted by Gasteiger charge is -2.27. The Balaban J connectivity index is 2.48. The second-order valence-electron chi connectivity index (χ2n) is 9.55. The van der Waals surface area contributed by atoms with Crippen molar-refractivity contribution in [2.24, 2.45) is 0 Å². The number of nitrogens with one attached hydrogen (secondary N) is 1. The Kier molecular flexibility index (Phi) is 6.67. The Hall–Kier alpha value is -2.43. The summed E-state index contributed by atoms with van der Waals surface area (Å²) < 4.78 is 0. The van der Waals surface area contributed by atoms with Crippen molar-refractivity contribution < 1.29 is 15.3 Å². The molecule has 0 aliphatic carbocycles. The molecular formula is C18H26B11NO3. The van der Waals surface area contributed by atoms with E-state index in [-0.39, 0.29) is 17.2 Å². The van der Waals surface area contributed by atoms with Gasteiger partial charge in [-0.25, -0.2) is 0 Å². The maximum absolute atomic E-state index is 11.3. The monoisotopic (exact) mass is 425 g/mol. The highest BCUT2D eigenvalue weighted by Crippen LogP contribution is 2.39. The Morgan fingerprint density at radius 3 is 1.18 bits per heavy atom. The van der Waals surface area contributed by atoms with E-state index in [1.807, 2.05) is 39.2 Å². The molecule has 0 saturated heterocycles. The van der Waals surface area contributed by atoms with Crippen molar-refractivity contribution in [3.05, 3.63) is 0 Å². The van der Waals surface area contributed by atoms with Crippen LogP contribution in [-0.2, 0) is 0 Å². The molecule has 0 radical (unpaired) electrons. The quantitative estimate of drug-likeness (QED) is 0.250. The van der Waals surface area contributed by atoms with Gasteiger partial charge < -0.3 is 20.6 Å². The van der Waals surface area contributed by atoms with Crippen LogP contribution in [0.25, 0.3) is 11.1 Å². The van der Waals surface area contributed by atoms with Gasteiger partial charge in [0.25, 0.3) is 0 Å². The molecule has 3 aromatic carbocycles. The number of rotatable bonds is 3. The number of hydrogen-bond donors (Lipinski definition) is 4. The number of phenols is 3. The molecule has 0 spiro atoms. The highest BCUT2D eigenvalue weighted by molar-refractivity contribution is 6.69. The van der Waals surface area contributed by atoms with Crippen molar-refractivity contribution in [1.29, 1.82) is 0 Å². The SMILES string of the molecule is Bc1c(B)c(B)c(Nc2c(O)c(B)c(B)c(B)c2-c2c(B)c(B)c(B)c(O)c2O)c(B)c1B. The third-order valence-electron chi connectivity index (χ3n) is 8.16. The van der Waals surface area contributed by atoms with E-state index in [9.17, 15) is 15.3 Å². The fraction of sp³-hybridized carbons (Fsp3) is 0. The molecule has 4 nitrogen and oxygen atoms in total. The van der Waals surface area contributed by atoms with Crippen LogP contribution in [0.1, 0.15) is 0 Å². The lowest BCUT2D eigenvalue weighted by molar-refractivity contribution is 0.409. The Labute approximate surface area is 206 Å². The van der Waals surface area contributed by atoms with Crippen molar-refractivity contribution in [3.8, 4) is 28.4 Å². The average Bonchev–Trinajstić information content (AvgIpc) is 2.79. The minimum atomic E-state index is -0.158. The van der Waals surface area contributed by atoms with Crippen molar-refractivity contribution >= 4 is 158 Å². The molecule has 3 aromatic rings. The summed E-state index contributed by atoms with van der Waals surface area (Å²) in [5.41, 5.74) is 13.8. The lowest BCUT2D eigenvalue weighted by atomic mass is 9.61. The summed E-state index contributed by atoms with van der Waals surface area (Å²) in [7, 11) is 22.1. The van der Waals surface area contributed by atoms with Crippen LogP contribution >= 0.6 is 0 Å². The predicted molar refractivity (Wildman–Crippen MR) is 177 cm³/mol. The number of aromatic hydroxyl groups is 3. The van der Waals surface area contributed by atoms with Crippen molar-refractivity contribution in [1.82, 2.24) is 0 Å². The van der Waals surface area contributed by atoms with Gasteiger partial charge in [-0.15, -0.1) is 5.46 Å². The summed E-state index contributed by atoms with van der Waals surface area (Å²) in [5, 5.41) is 36.7. The summed E-state index contributed by atoms with van der Waals surface area (Å²) in [4.78, 5) is 0. The highest BCUT2D eigenvalue weighted by Gasteiger charge is 2.26.